The van der Waals surface area contributed by atoms with Gasteiger partial charge in [-0.2, -0.15) is 0 Å². The standard InChI is InChI=1S/C18H20BrNO/c1-14(7-8-15-5-3-2-4-6-15)20-18(21)13-16-9-11-17(19)12-10-16/h2-6,9-12,14H,7-8,13H2,1H3,(H,20,21)/t14-/m1/s1. The molecule has 2 aromatic rings. The van der Waals surface area contributed by atoms with Crippen LogP contribution in [0.5, 0.6) is 0 Å². The average molecular weight is 346 g/mol. The smallest absolute Gasteiger partial charge is 0.224 e. The maximum Gasteiger partial charge on any atom is 0.224 e. The van der Waals surface area contributed by atoms with Gasteiger partial charge in [0.25, 0.3) is 0 Å². The molecule has 21 heavy (non-hydrogen) atoms. The Labute approximate surface area is 134 Å². The second-order valence-corrected chi connectivity index (χ2v) is 6.21. The van der Waals surface area contributed by atoms with Crippen molar-refractivity contribution >= 4 is 21.8 Å². The second-order valence-electron chi connectivity index (χ2n) is 5.30. The molecule has 2 aromatic carbocycles. The molecule has 0 saturated heterocycles. The summed E-state index contributed by atoms with van der Waals surface area (Å²) in [5.74, 6) is 0.0814. The number of carbonyl (C=O) groups is 1. The van der Waals surface area contributed by atoms with E-state index in [1.165, 1.54) is 5.56 Å². The fourth-order valence-electron chi connectivity index (χ4n) is 2.21. The molecule has 0 bridgehead atoms. The summed E-state index contributed by atoms with van der Waals surface area (Å²) in [6, 6.07) is 18.4. The van der Waals surface area contributed by atoms with Crippen molar-refractivity contribution in [3.05, 3.63) is 70.2 Å². The predicted molar refractivity (Wildman–Crippen MR) is 90.2 cm³/mol. The summed E-state index contributed by atoms with van der Waals surface area (Å²) in [7, 11) is 0. The molecule has 0 aliphatic heterocycles. The maximum absolute atomic E-state index is 12.0. The van der Waals surface area contributed by atoms with E-state index in [-0.39, 0.29) is 11.9 Å². The van der Waals surface area contributed by atoms with Gasteiger partial charge in [-0.25, -0.2) is 0 Å². The van der Waals surface area contributed by atoms with Gasteiger partial charge in [0.15, 0.2) is 0 Å². The number of halogens is 1. The third-order valence-electron chi connectivity index (χ3n) is 3.39. The van der Waals surface area contributed by atoms with Crippen molar-refractivity contribution in [3.63, 3.8) is 0 Å². The average Bonchev–Trinajstić information content (AvgIpc) is 2.48. The Morgan fingerprint density at radius 1 is 1.05 bits per heavy atom. The molecule has 0 aliphatic rings. The lowest BCUT2D eigenvalue weighted by Gasteiger charge is -2.14. The number of benzene rings is 2. The molecule has 0 fully saturated rings. The van der Waals surface area contributed by atoms with E-state index in [2.05, 4.69) is 40.3 Å². The lowest BCUT2D eigenvalue weighted by Crippen LogP contribution is -2.34. The Bertz CT molecular complexity index is 566. The molecule has 0 radical (unpaired) electrons. The van der Waals surface area contributed by atoms with Crippen LogP contribution in [0.25, 0.3) is 0 Å². The first-order valence-corrected chi connectivity index (χ1v) is 8.00. The highest BCUT2D eigenvalue weighted by Gasteiger charge is 2.08. The molecule has 0 spiro atoms. The maximum atomic E-state index is 12.0. The lowest BCUT2D eigenvalue weighted by atomic mass is 10.1. The lowest BCUT2D eigenvalue weighted by molar-refractivity contribution is -0.121. The SMILES string of the molecule is C[C@H](CCc1ccccc1)NC(=O)Cc1ccc(Br)cc1. The number of rotatable bonds is 6. The van der Waals surface area contributed by atoms with E-state index in [1.807, 2.05) is 42.5 Å². The van der Waals surface area contributed by atoms with Crippen molar-refractivity contribution in [2.45, 2.75) is 32.2 Å². The first-order valence-electron chi connectivity index (χ1n) is 7.21. The van der Waals surface area contributed by atoms with Crippen LogP contribution in [0.3, 0.4) is 0 Å². The monoisotopic (exact) mass is 345 g/mol. The Morgan fingerprint density at radius 2 is 1.71 bits per heavy atom. The zero-order valence-corrected chi connectivity index (χ0v) is 13.8. The van der Waals surface area contributed by atoms with Gasteiger partial charge in [-0.15, -0.1) is 0 Å². The van der Waals surface area contributed by atoms with Crippen LogP contribution in [0, 0.1) is 0 Å². The van der Waals surface area contributed by atoms with E-state index < -0.39 is 0 Å². The molecule has 0 unspecified atom stereocenters. The molecule has 2 nitrogen and oxygen atoms in total. The van der Waals surface area contributed by atoms with Gasteiger partial charge in [-0.3, -0.25) is 4.79 Å². The number of nitrogens with one attached hydrogen (secondary N) is 1. The van der Waals surface area contributed by atoms with Gasteiger partial charge < -0.3 is 5.32 Å². The zero-order valence-electron chi connectivity index (χ0n) is 12.2. The van der Waals surface area contributed by atoms with Crippen molar-refractivity contribution in [2.75, 3.05) is 0 Å². The summed E-state index contributed by atoms with van der Waals surface area (Å²) in [4.78, 5) is 12.0. The summed E-state index contributed by atoms with van der Waals surface area (Å²) in [6.45, 7) is 2.06. The molecule has 1 N–H and O–H groups in total. The third kappa shape index (κ3) is 5.72. The van der Waals surface area contributed by atoms with Crippen LogP contribution in [-0.2, 0) is 17.6 Å². The van der Waals surface area contributed by atoms with E-state index in [0.717, 1.165) is 22.9 Å². The van der Waals surface area contributed by atoms with Crippen molar-refractivity contribution in [3.8, 4) is 0 Å². The summed E-state index contributed by atoms with van der Waals surface area (Å²) in [5.41, 5.74) is 2.34. The molecule has 2 rings (SSSR count). The van der Waals surface area contributed by atoms with Crippen LogP contribution in [0.15, 0.2) is 59.1 Å². The van der Waals surface area contributed by atoms with E-state index in [4.69, 9.17) is 0 Å². The highest BCUT2D eigenvalue weighted by atomic mass is 79.9. The number of hydrogen-bond donors (Lipinski definition) is 1. The first-order chi connectivity index (χ1) is 10.1. The van der Waals surface area contributed by atoms with Crippen LogP contribution in [0.2, 0.25) is 0 Å². The van der Waals surface area contributed by atoms with Crippen LogP contribution < -0.4 is 5.32 Å². The highest BCUT2D eigenvalue weighted by molar-refractivity contribution is 9.10. The molecule has 0 heterocycles. The fraction of sp³-hybridized carbons (Fsp3) is 0.278. The highest BCUT2D eigenvalue weighted by Crippen LogP contribution is 2.11. The van der Waals surface area contributed by atoms with Gasteiger partial charge in [-0.05, 0) is 43.0 Å². The number of hydrogen-bond acceptors (Lipinski definition) is 1. The van der Waals surface area contributed by atoms with Gasteiger partial charge in [0, 0.05) is 10.5 Å². The Kier molecular flexibility index (Phi) is 6.00. The van der Waals surface area contributed by atoms with Crippen molar-refractivity contribution in [1.29, 1.82) is 0 Å². The van der Waals surface area contributed by atoms with Gasteiger partial charge in [-0.1, -0.05) is 58.4 Å². The predicted octanol–water partition coefficient (Wildman–Crippen LogP) is 4.13. The summed E-state index contributed by atoms with van der Waals surface area (Å²) < 4.78 is 1.03. The van der Waals surface area contributed by atoms with Gasteiger partial charge >= 0.3 is 0 Å². The Hall–Kier alpha value is -1.61. The quantitative estimate of drug-likeness (QED) is 0.837. The minimum atomic E-state index is 0.0814. The largest absolute Gasteiger partial charge is 0.353 e. The Balaban J connectivity index is 1.75. The number of carbonyl (C=O) groups excluding carboxylic acids is 1. The third-order valence-corrected chi connectivity index (χ3v) is 3.92. The fourth-order valence-corrected chi connectivity index (χ4v) is 2.48. The van der Waals surface area contributed by atoms with Crippen molar-refractivity contribution in [1.82, 2.24) is 5.32 Å². The van der Waals surface area contributed by atoms with Crippen LogP contribution in [0.4, 0.5) is 0 Å². The molecular formula is C18H20BrNO. The second kappa shape index (κ2) is 7.99. The molecule has 0 aromatic heterocycles. The summed E-state index contributed by atoms with van der Waals surface area (Å²) in [6.07, 6.45) is 2.37. The first kappa shape index (κ1) is 15.8. The van der Waals surface area contributed by atoms with E-state index in [0.29, 0.717) is 6.42 Å². The summed E-state index contributed by atoms with van der Waals surface area (Å²) in [5, 5.41) is 3.06. The molecular weight excluding hydrogens is 326 g/mol. The van der Waals surface area contributed by atoms with E-state index in [9.17, 15) is 4.79 Å². The zero-order chi connectivity index (χ0) is 15.1. The number of aryl methyl sites for hydroxylation is 1. The molecule has 0 saturated carbocycles. The summed E-state index contributed by atoms with van der Waals surface area (Å²) >= 11 is 3.39. The molecule has 0 aliphatic carbocycles. The minimum Gasteiger partial charge on any atom is -0.353 e. The topological polar surface area (TPSA) is 29.1 Å². The van der Waals surface area contributed by atoms with Gasteiger partial charge in [0.05, 0.1) is 6.42 Å². The molecule has 1 amide bonds. The number of amides is 1. The van der Waals surface area contributed by atoms with E-state index >= 15 is 0 Å². The Morgan fingerprint density at radius 3 is 2.38 bits per heavy atom. The van der Waals surface area contributed by atoms with Crippen LogP contribution in [0.1, 0.15) is 24.5 Å². The molecule has 110 valence electrons. The molecule has 3 heteroatoms. The van der Waals surface area contributed by atoms with Crippen molar-refractivity contribution < 1.29 is 4.79 Å². The van der Waals surface area contributed by atoms with E-state index in [1.54, 1.807) is 0 Å². The van der Waals surface area contributed by atoms with Gasteiger partial charge in [0.2, 0.25) is 5.91 Å². The van der Waals surface area contributed by atoms with Crippen LogP contribution in [-0.4, -0.2) is 11.9 Å². The normalized spacial score (nSPS) is 11.9. The molecule has 1 atom stereocenters. The van der Waals surface area contributed by atoms with Crippen molar-refractivity contribution in [2.24, 2.45) is 0 Å². The van der Waals surface area contributed by atoms with Gasteiger partial charge in [0.1, 0.15) is 0 Å². The minimum absolute atomic E-state index is 0.0814. The van der Waals surface area contributed by atoms with Crippen LogP contribution >= 0.6 is 15.9 Å².